The Balaban J connectivity index is 2.33. The smallest absolute Gasteiger partial charge is 0.305 e. The lowest BCUT2D eigenvalue weighted by atomic mass is 10.1. The van der Waals surface area contributed by atoms with E-state index < -0.39 is 12.0 Å². The lowest BCUT2D eigenvalue weighted by Crippen LogP contribution is -2.16. The molecule has 4 N–H and O–H groups in total. The number of aryl methyl sites for hydroxylation is 1. The highest BCUT2D eigenvalue weighted by atomic mass is 19.1. The zero-order valence-electron chi connectivity index (χ0n) is 10.4. The molecule has 19 heavy (non-hydrogen) atoms. The van der Waals surface area contributed by atoms with Crippen LogP contribution in [0.3, 0.4) is 0 Å². The molecule has 0 fully saturated rings. The maximum atomic E-state index is 13.2. The standard InChI is InChI=1S/C13H14FN3O2/c1-7-12(8-3-2-4-9(14)5-8)17-13(16-7)10(15)6-11(18)19/h2-5,10H,6,15H2,1H3,(H,16,17)(H,18,19). The van der Waals surface area contributed by atoms with E-state index >= 15 is 0 Å². The zero-order valence-corrected chi connectivity index (χ0v) is 10.4. The highest BCUT2D eigenvalue weighted by molar-refractivity contribution is 5.68. The van der Waals surface area contributed by atoms with Gasteiger partial charge < -0.3 is 15.8 Å². The Hall–Kier alpha value is -2.21. The number of hydrogen-bond donors (Lipinski definition) is 3. The molecule has 0 aliphatic rings. The summed E-state index contributed by atoms with van der Waals surface area (Å²) in [6.07, 6.45) is -0.213. The number of H-pyrrole nitrogens is 1. The van der Waals surface area contributed by atoms with Gasteiger partial charge in [-0.25, -0.2) is 9.37 Å². The summed E-state index contributed by atoms with van der Waals surface area (Å²) in [6.45, 7) is 1.78. The summed E-state index contributed by atoms with van der Waals surface area (Å²) in [5.74, 6) is -0.954. The average Bonchev–Trinajstić information content (AvgIpc) is 2.70. The number of rotatable bonds is 4. The average molecular weight is 263 g/mol. The van der Waals surface area contributed by atoms with Crippen LogP contribution >= 0.6 is 0 Å². The lowest BCUT2D eigenvalue weighted by molar-refractivity contribution is -0.137. The number of halogens is 1. The summed E-state index contributed by atoms with van der Waals surface area (Å²) < 4.78 is 13.2. The molecule has 1 unspecified atom stereocenters. The fourth-order valence-electron chi connectivity index (χ4n) is 1.86. The summed E-state index contributed by atoms with van der Waals surface area (Å²) in [5.41, 5.74) is 7.67. The van der Waals surface area contributed by atoms with E-state index in [4.69, 9.17) is 10.8 Å². The van der Waals surface area contributed by atoms with Gasteiger partial charge in [-0.15, -0.1) is 0 Å². The number of imidazole rings is 1. The molecule has 2 rings (SSSR count). The second-order valence-electron chi connectivity index (χ2n) is 4.31. The number of nitrogens with zero attached hydrogens (tertiary/aromatic N) is 1. The number of benzene rings is 1. The molecular formula is C13H14FN3O2. The minimum absolute atomic E-state index is 0.213. The Morgan fingerprint density at radius 1 is 1.58 bits per heavy atom. The van der Waals surface area contributed by atoms with Gasteiger partial charge in [-0.1, -0.05) is 12.1 Å². The van der Waals surface area contributed by atoms with Gasteiger partial charge in [0.25, 0.3) is 0 Å². The van der Waals surface area contributed by atoms with Gasteiger partial charge in [-0.05, 0) is 19.1 Å². The normalized spacial score (nSPS) is 12.4. The molecule has 1 aromatic heterocycles. The van der Waals surface area contributed by atoms with Crippen molar-refractivity contribution in [3.05, 3.63) is 41.6 Å². The number of nitrogens with one attached hydrogen (secondary N) is 1. The first-order valence-corrected chi connectivity index (χ1v) is 5.77. The fourth-order valence-corrected chi connectivity index (χ4v) is 1.86. The Labute approximate surface area is 109 Å². The molecule has 1 atom stereocenters. The predicted molar refractivity (Wildman–Crippen MR) is 67.9 cm³/mol. The highest BCUT2D eigenvalue weighted by Crippen LogP contribution is 2.24. The molecule has 1 heterocycles. The van der Waals surface area contributed by atoms with Crippen LogP contribution in [0.15, 0.2) is 24.3 Å². The van der Waals surface area contributed by atoms with Crippen LogP contribution in [0.25, 0.3) is 11.3 Å². The summed E-state index contributed by atoms with van der Waals surface area (Å²) >= 11 is 0. The molecule has 2 aromatic rings. The number of aromatic amines is 1. The molecule has 6 heteroatoms. The third-order valence-electron chi connectivity index (χ3n) is 2.75. The number of aliphatic carboxylic acids is 1. The van der Waals surface area contributed by atoms with Crippen molar-refractivity contribution in [1.82, 2.24) is 9.97 Å². The van der Waals surface area contributed by atoms with Gasteiger partial charge in [0, 0.05) is 11.3 Å². The SMILES string of the molecule is Cc1[nH]c(C(N)CC(=O)O)nc1-c1cccc(F)c1. The fraction of sp³-hybridized carbons (Fsp3) is 0.231. The van der Waals surface area contributed by atoms with Gasteiger partial charge in [0.05, 0.1) is 18.2 Å². The number of hydrogen-bond acceptors (Lipinski definition) is 3. The molecule has 0 aliphatic carbocycles. The first kappa shape index (κ1) is 13.2. The third kappa shape index (κ3) is 2.97. The zero-order chi connectivity index (χ0) is 14.0. The maximum absolute atomic E-state index is 13.2. The van der Waals surface area contributed by atoms with Crippen LogP contribution in [0.2, 0.25) is 0 Å². The van der Waals surface area contributed by atoms with Crippen molar-refractivity contribution >= 4 is 5.97 Å². The number of carbonyl (C=O) groups is 1. The number of carboxylic acids is 1. The van der Waals surface area contributed by atoms with E-state index in [0.717, 1.165) is 5.69 Å². The predicted octanol–water partition coefficient (Wildman–Crippen LogP) is 2.00. The largest absolute Gasteiger partial charge is 0.481 e. The van der Waals surface area contributed by atoms with Crippen LogP contribution in [0.1, 0.15) is 24.0 Å². The Bertz CT molecular complexity index is 610. The van der Waals surface area contributed by atoms with Crippen LogP contribution in [-0.2, 0) is 4.79 Å². The number of carboxylic acid groups (broad SMARTS) is 1. The maximum Gasteiger partial charge on any atom is 0.305 e. The van der Waals surface area contributed by atoms with Crippen molar-refractivity contribution in [2.45, 2.75) is 19.4 Å². The number of aromatic nitrogens is 2. The molecule has 1 aromatic carbocycles. The van der Waals surface area contributed by atoms with Gasteiger partial charge >= 0.3 is 5.97 Å². The van der Waals surface area contributed by atoms with Gasteiger partial charge in [-0.2, -0.15) is 0 Å². The molecule has 100 valence electrons. The van der Waals surface area contributed by atoms with Crippen molar-refractivity contribution in [3.63, 3.8) is 0 Å². The summed E-state index contributed by atoms with van der Waals surface area (Å²) in [5, 5.41) is 8.70. The van der Waals surface area contributed by atoms with Gasteiger partial charge in [0.15, 0.2) is 0 Å². The van der Waals surface area contributed by atoms with E-state index in [1.165, 1.54) is 12.1 Å². The van der Waals surface area contributed by atoms with E-state index in [1.54, 1.807) is 19.1 Å². The second kappa shape index (κ2) is 5.19. The molecule has 0 spiro atoms. The van der Waals surface area contributed by atoms with Crippen molar-refractivity contribution in [2.24, 2.45) is 5.73 Å². The van der Waals surface area contributed by atoms with E-state index in [0.29, 0.717) is 17.1 Å². The van der Waals surface area contributed by atoms with Gasteiger partial charge in [0.2, 0.25) is 0 Å². The first-order chi connectivity index (χ1) is 8.97. The number of nitrogens with two attached hydrogens (primary N) is 1. The monoisotopic (exact) mass is 263 g/mol. The van der Waals surface area contributed by atoms with Crippen LogP contribution in [0.5, 0.6) is 0 Å². The van der Waals surface area contributed by atoms with E-state index in [1.807, 2.05) is 0 Å². The Kier molecular flexibility index (Phi) is 3.62. The Morgan fingerprint density at radius 2 is 2.32 bits per heavy atom. The lowest BCUT2D eigenvalue weighted by Gasteiger charge is -2.04. The third-order valence-corrected chi connectivity index (χ3v) is 2.75. The summed E-state index contributed by atoms with van der Waals surface area (Å²) in [7, 11) is 0. The quantitative estimate of drug-likeness (QED) is 0.786. The van der Waals surface area contributed by atoms with Crippen molar-refractivity contribution in [2.75, 3.05) is 0 Å². The Morgan fingerprint density at radius 3 is 2.95 bits per heavy atom. The van der Waals surface area contributed by atoms with Crippen LogP contribution in [-0.4, -0.2) is 21.0 Å². The van der Waals surface area contributed by atoms with Crippen molar-refractivity contribution in [3.8, 4) is 11.3 Å². The molecule has 5 nitrogen and oxygen atoms in total. The minimum atomic E-state index is -0.992. The molecule has 0 radical (unpaired) electrons. The summed E-state index contributed by atoms with van der Waals surface area (Å²) in [4.78, 5) is 17.8. The molecule has 0 aliphatic heterocycles. The topological polar surface area (TPSA) is 92.0 Å². The van der Waals surface area contributed by atoms with Crippen molar-refractivity contribution < 1.29 is 14.3 Å². The molecular weight excluding hydrogens is 249 g/mol. The van der Waals surface area contributed by atoms with Crippen molar-refractivity contribution in [1.29, 1.82) is 0 Å². The first-order valence-electron chi connectivity index (χ1n) is 5.77. The van der Waals surface area contributed by atoms with Gasteiger partial charge in [-0.3, -0.25) is 4.79 Å². The van der Waals surface area contributed by atoms with Crippen LogP contribution in [0.4, 0.5) is 4.39 Å². The van der Waals surface area contributed by atoms with E-state index in [9.17, 15) is 9.18 Å². The molecule has 0 saturated heterocycles. The minimum Gasteiger partial charge on any atom is -0.481 e. The van der Waals surface area contributed by atoms with E-state index in [-0.39, 0.29) is 12.2 Å². The van der Waals surface area contributed by atoms with E-state index in [2.05, 4.69) is 9.97 Å². The molecule has 0 saturated carbocycles. The molecule has 0 amide bonds. The van der Waals surface area contributed by atoms with Gasteiger partial charge in [0.1, 0.15) is 11.6 Å². The highest BCUT2D eigenvalue weighted by Gasteiger charge is 2.17. The van der Waals surface area contributed by atoms with Crippen LogP contribution < -0.4 is 5.73 Å². The second-order valence-corrected chi connectivity index (χ2v) is 4.31. The summed E-state index contributed by atoms with van der Waals surface area (Å²) in [6, 6.07) is 5.34. The molecule has 0 bridgehead atoms. The van der Waals surface area contributed by atoms with Crippen LogP contribution in [0, 0.1) is 12.7 Å².